The highest BCUT2D eigenvalue weighted by Gasteiger charge is 2.69. The second-order valence-corrected chi connectivity index (χ2v) is 11.0. The Kier molecular flexibility index (Phi) is 8.07. The molecule has 0 aliphatic carbocycles. The Hall–Kier alpha value is -1.46. The van der Waals surface area contributed by atoms with Crippen molar-refractivity contribution in [3.05, 3.63) is 35.4 Å². The summed E-state index contributed by atoms with van der Waals surface area (Å²) in [4.78, 5) is 50.9. The van der Waals surface area contributed by atoms with Gasteiger partial charge in [0.15, 0.2) is 0 Å². The fraction of sp³-hybridized carbons (Fsp3) is 0.500. The normalized spacial score (nSPS) is 29.4. The predicted octanol–water partition coefficient (Wildman–Crippen LogP) is 0.162. The number of phosphoric ester groups is 1. The van der Waals surface area contributed by atoms with Gasteiger partial charge < -0.3 is 35.2 Å². The van der Waals surface area contributed by atoms with E-state index in [0.29, 0.717) is 4.57 Å². The number of aliphatic hydroxyl groups is 1. The van der Waals surface area contributed by atoms with Gasteiger partial charge in [0.2, 0.25) is 5.60 Å². The summed E-state index contributed by atoms with van der Waals surface area (Å²) in [6, 6.07) is 1.02. The molecule has 0 radical (unpaired) electrons. The van der Waals surface area contributed by atoms with Crippen molar-refractivity contribution in [3.63, 3.8) is 0 Å². The first-order valence-electron chi connectivity index (χ1n) is 8.42. The minimum atomic E-state index is -6.03. The summed E-state index contributed by atoms with van der Waals surface area (Å²) in [6.45, 7) is 1.19. The molecule has 2 unspecified atom stereocenters. The van der Waals surface area contributed by atoms with Gasteiger partial charge in [0.05, 0.1) is 12.5 Å². The molecule has 16 nitrogen and oxygen atoms in total. The molecule has 1 saturated heterocycles. The Labute approximate surface area is 186 Å². The van der Waals surface area contributed by atoms with Gasteiger partial charge in [-0.05, 0) is 6.07 Å². The first-order chi connectivity index (χ1) is 15.2. The van der Waals surface area contributed by atoms with Crippen LogP contribution in [0.4, 0.5) is 19.0 Å². The average Bonchev–Trinajstić information content (AvgIpc) is 2.89. The lowest BCUT2D eigenvalue weighted by Crippen LogP contribution is -2.56. The van der Waals surface area contributed by atoms with Crippen LogP contribution in [0, 0.1) is 5.92 Å². The molecule has 34 heavy (non-hydrogen) atoms. The summed E-state index contributed by atoms with van der Waals surface area (Å²) >= 11 is 0. The van der Waals surface area contributed by atoms with Crippen LogP contribution in [0.3, 0.4) is 0 Å². The summed E-state index contributed by atoms with van der Waals surface area (Å²) in [7, 11) is -17.8. The van der Waals surface area contributed by atoms with E-state index in [1.54, 1.807) is 0 Å². The second-order valence-electron chi connectivity index (χ2n) is 6.56. The first kappa shape index (κ1) is 28.8. The summed E-state index contributed by atoms with van der Waals surface area (Å²) < 4.78 is 92.1. The molecule has 0 amide bonds. The number of ether oxygens (including phenoxy) is 1. The number of nitrogen functional groups attached to an aromatic ring is 1. The smallest absolute Gasteiger partial charge is 0.389 e. The molecular formula is C12H17F3N3O13P3. The van der Waals surface area contributed by atoms with Gasteiger partial charge in [-0.2, -0.15) is 26.8 Å². The molecule has 2 rings (SSSR count). The van der Waals surface area contributed by atoms with Crippen molar-refractivity contribution in [1.82, 2.24) is 9.55 Å². The van der Waals surface area contributed by atoms with Crippen molar-refractivity contribution in [2.75, 3.05) is 12.3 Å². The first-order valence-corrected chi connectivity index (χ1v) is 12.9. The summed E-state index contributed by atoms with van der Waals surface area (Å²) in [5, 5.41) is 10.4. The quantitative estimate of drug-likeness (QED) is 0.174. The van der Waals surface area contributed by atoms with Crippen LogP contribution in [0.1, 0.15) is 6.23 Å². The van der Waals surface area contributed by atoms with Gasteiger partial charge in [-0.25, -0.2) is 18.5 Å². The fourth-order valence-electron chi connectivity index (χ4n) is 2.85. The van der Waals surface area contributed by atoms with Crippen molar-refractivity contribution in [2.24, 2.45) is 5.92 Å². The molecule has 194 valence electrons. The van der Waals surface area contributed by atoms with Gasteiger partial charge in [0.25, 0.3) is 0 Å². The third-order valence-electron chi connectivity index (χ3n) is 4.24. The zero-order chi connectivity index (χ0) is 26.3. The molecule has 1 aliphatic rings. The van der Waals surface area contributed by atoms with Crippen molar-refractivity contribution in [3.8, 4) is 0 Å². The van der Waals surface area contributed by atoms with Gasteiger partial charge in [-0.3, -0.25) is 9.09 Å². The number of halogens is 3. The van der Waals surface area contributed by atoms with Crippen LogP contribution >= 0.6 is 23.5 Å². The average molecular weight is 561 g/mol. The fourth-order valence-corrected chi connectivity index (χ4v) is 5.90. The van der Waals surface area contributed by atoms with E-state index in [2.05, 4.69) is 24.7 Å². The highest BCUT2D eigenvalue weighted by molar-refractivity contribution is 7.66. The van der Waals surface area contributed by atoms with Crippen LogP contribution in [0.5, 0.6) is 0 Å². The Bertz CT molecular complexity index is 1140. The SMILES string of the molecule is C=C[C@H]1[C@H](n2ccc(N)nc2=O)O[C@@](COP(=O)(O)OP(=O)(O)OP(=O)(O)O)(C(F)(F)F)[C@H]1O. The van der Waals surface area contributed by atoms with Gasteiger partial charge in [-0.15, -0.1) is 6.58 Å². The number of aliphatic hydroxyl groups excluding tert-OH is 1. The van der Waals surface area contributed by atoms with Crippen LogP contribution in [0.25, 0.3) is 0 Å². The highest BCUT2D eigenvalue weighted by atomic mass is 31.3. The number of anilines is 1. The van der Waals surface area contributed by atoms with E-state index in [1.165, 1.54) is 0 Å². The van der Waals surface area contributed by atoms with Crippen LogP contribution in [-0.2, 0) is 31.6 Å². The molecule has 22 heteroatoms. The van der Waals surface area contributed by atoms with Crippen LogP contribution in [0.15, 0.2) is 29.7 Å². The van der Waals surface area contributed by atoms with E-state index in [-0.39, 0.29) is 5.82 Å². The molecule has 6 atom stereocenters. The van der Waals surface area contributed by atoms with Gasteiger partial charge in [-0.1, -0.05) is 6.08 Å². The third-order valence-corrected chi connectivity index (χ3v) is 8.02. The predicted molar refractivity (Wildman–Crippen MR) is 101 cm³/mol. The number of hydrogen-bond donors (Lipinski definition) is 6. The number of aromatic nitrogens is 2. The number of rotatable bonds is 9. The number of nitrogens with zero attached hydrogens (tertiary/aromatic N) is 2. The Morgan fingerprint density at radius 2 is 1.82 bits per heavy atom. The van der Waals surface area contributed by atoms with Crippen molar-refractivity contribution in [1.29, 1.82) is 0 Å². The maximum absolute atomic E-state index is 14.0. The van der Waals surface area contributed by atoms with Crippen LogP contribution in [0.2, 0.25) is 0 Å². The molecule has 1 aliphatic heterocycles. The van der Waals surface area contributed by atoms with E-state index in [1.807, 2.05) is 0 Å². The Morgan fingerprint density at radius 1 is 1.24 bits per heavy atom. The van der Waals surface area contributed by atoms with Gasteiger partial charge >= 0.3 is 35.3 Å². The summed E-state index contributed by atoms with van der Waals surface area (Å²) in [5.41, 5.74) is 0.288. The van der Waals surface area contributed by atoms with Crippen molar-refractivity contribution >= 4 is 29.3 Å². The van der Waals surface area contributed by atoms with Crippen molar-refractivity contribution in [2.45, 2.75) is 24.1 Å². The summed E-state index contributed by atoms with van der Waals surface area (Å²) in [5.74, 6) is -1.97. The second kappa shape index (κ2) is 9.54. The maximum Gasteiger partial charge on any atom is 0.490 e. The molecule has 1 aromatic heterocycles. The molecule has 0 aromatic carbocycles. The molecule has 0 saturated carbocycles. The molecular weight excluding hydrogens is 544 g/mol. The van der Waals surface area contributed by atoms with Gasteiger partial charge in [0, 0.05) is 6.20 Å². The zero-order valence-corrected chi connectivity index (χ0v) is 19.0. The van der Waals surface area contributed by atoms with E-state index >= 15 is 0 Å². The van der Waals surface area contributed by atoms with Gasteiger partial charge in [0.1, 0.15) is 18.1 Å². The largest absolute Gasteiger partial charge is 0.490 e. The number of phosphoric acid groups is 3. The minimum absolute atomic E-state index is 0.287. The van der Waals surface area contributed by atoms with E-state index in [4.69, 9.17) is 25.2 Å². The van der Waals surface area contributed by atoms with Crippen LogP contribution in [-0.4, -0.2) is 58.7 Å². The Morgan fingerprint density at radius 3 is 2.29 bits per heavy atom. The molecule has 0 spiro atoms. The number of hydrogen-bond acceptors (Lipinski definition) is 11. The monoisotopic (exact) mass is 561 g/mol. The molecule has 2 heterocycles. The third kappa shape index (κ3) is 6.40. The van der Waals surface area contributed by atoms with E-state index in [9.17, 15) is 41.7 Å². The molecule has 0 bridgehead atoms. The topological polar surface area (TPSA) is 250 Å². The lowest BCUT2D eigenvalue weighted by atomic mass is 9.89. The standard InChI is InChI=1S/C12H17F3N3O13P3/c1-2-6-8(19)11(12(13,14)15,29-9(6)18-4-3-7(16)17-10(18)20)5-28-33(24,25)31-34(26,27)30-32(21,22)23/h2-4,6,8-9,19H,1,5H2,(H,24,25)(H,26,27)(H2,16,17,20)(H2,21,22,23)/t6-,8+,9-,11-/m1/s1. The molecule has 7 N–H and O–H groups in total. The highest BCUT2D eigenvalue weighted by Crippen LogP contribution is 2.66. The van der Waals surface area contributed by atoms with E-state index in [0.717, 1.165) is 18.3 Å². The number of alkyl halides is 3. The lowest BCUT2D eigenvalue weighted by Gasteiger charge is -2.34. The maximum atomic E-state index is 14.0. The Balaban J connectivity index is 2.40. The number of nitrogens with two attached hydrogens (primary N) is 1. The summed E-state index contributed by atoms with van der Waals surface area (Å²) in [6.07, 6.45) is -8.45. The lowest BCUT2D eigenvalue weighted by molar-refractivity contribution is -0.304. The molecule has 1 fully saturated rings. The zero-order valence-electron chi connectivity index (χ0n) is 16.3. The molecule has 1 aromatic rings. The van der Waals surface area contributed by atoms with E-state index < -0.39 is 65.8 Å². The van der Waals surface area contributed by atoms with Crippen LogP contribution < -0.4 is 11.4 Å². The van der Waals surface area contributed by atoms with Crippen molar-refractivity contribution < 1.29 is 69.4 Å². The minimum Gasteiger partial charge on any atom is -0.389 e.